The Bertz CT molecular complexity index is 281. The van der Waals surface area contributed by atoms with E-state index in [4.69, 9.17) is 10.8 Å². The van der Waals surface area contributed by atoms with E-state index < -0.39 is 12.0 Å². The van der Waals surface area contributed by atoms with Crippen molar-refractivity contribution in [1.29, 1.82) is 0 Å². The first-order chi connectivity index (χ1) is 7.42. The number of carbonyl (C=O) groups excluding carboxylic acids is 1. The largest absolute Gasteiger partial charge is 0.480 e. The fourth-order valence-electron chi connectivity index (χ4n) is 1.96. The van der Waals surface area contributed by atoms with Gasteiger partial charge in [0, 0.05) is 13.5 Å². The molecule has 5 nitrogen and oxygen atoms in total. The van der Waals surface area contributed by atoms with Gasteiger partial charge >= 0.3 is 5.97 Å². The van der Waals surface area contributed by atoms with Crippen molar-refractivity contribution < 1.29 is 14.7 Å². The Labute approximate surface area is 95.6 Å². The summed E-state index contributed by atoms with van der Waals surface area (Å²) in [6.07, 6.45) is 3.44. The number of likely N-dealkylation sites (N-methyl/N-ethyl adjacent to an activating group) is 1. The van der Waals surface area contributed by atoms with Gasteiger partial charge in [0.05, 0.1) is 0 Å². The topological polar surface area (TPSA) is 83.6 Å². The van der Waals surface area contributed by atoms with Crippen molar-refractivity contribution in [2.45, 2.75) is 38.6 Å². The Hall–Kier alpha value is -1.10. The van der Waals surface area contributed by atoms with Crippen LogP contribution in [-0.2, 0) is 9.59 Å². The van der Waals surface area contributed by atoms with E-state index in [9.17, 15) is 9.59 Å². The maximum atomic E-state index is 11.9. The summed E-state index contributed by atoms with van der Waals surface area (Å²) in [7, 11) is 1.53. The molecule has 1 aliphatic carbocycles. The standard InChI is InChI=1S/C11H20N2O3/c1-8(10(15)16)13(2)9(14)6-11(7-12)4-3-5-11/h8H,3-7,12H2,1-2H3,(H,15,16). The van der Waals surface area contributed by atoms with Crippen molar-refractivity contribution in [2.75, 3.05) is 13.6 Å². The van der Waals surface area contributed by atoms with Gasteiger partial charge in [-0.3, -0.25) is 4.79 Å². The van der Waals surface area contributed by atoms with E-state index >= 15 is 0 Å². The van der Waals surface area contributed by atoms with Gasteiger partial charge in [-0.05, 0) is 31.7 Å². The molecule has 0 aliphatic heterocycles. The molecule has 0 aromatic carbocycles. The Morgan fingerprint density at radius 3 is 2.38 bits per heavy atom. The number of nitrogens with two attached hydrogens (primary N) is 1. The summed E-state index contributed by atoms with van der Waals surface area (Å²) < 4.78 is 0. The molecular formula is C11H20N2O3. The molecule has 0 bridgehead atoms. The van der Waals surface area contributed by atoms with E-state index in [1.165, 1.54) is 18.9 Å². The zero-order valence-electron chi connectivity index (χ0n) is 9.90. The smallest absolute Gasteiger partial charge is 0.326 e. The average molecular weight is 228 g/mol. The molecule has 3 N–H and O–H groups in total. The van der Waals surface area contributed by atoms with E-state index in [1.807, 2.05) is 0 Å². The fraction of sp³-hybridized carbons (Fsp3) is 0.818. The van der Waals surface area contributed by atoms with Gasteiger partial charge in [0.15, 0.2) is 0 Å². The lowest BCUT2D eigenvalue weighted by Crippen LogP contribution is -2.46. The Morgan fingerprint density at radius 1 is 1.50 bits per heavy atom. The summed E-state index contributed by atoms with van der Waals surface area (Å²) in [6.45, 7) is 2.02. The maximum Gasteiger partial charge on any atom is 0.326 e. The third-order valence-electron chi connectivity index (χ3n) is 3.71. The van der Waals surface area contributed by atoms with E-state index in [2.05, 4.69) is 0 Å². The summed E-state index contributed by atoms with van der Waals surface area (Å²) in [5.41, 5.74) is 5.60. The molecule has 5 heteroatoms. The molecule has 1 aliphatic rings. The minimum Gasteiger partial charge on any atom is -0.480 e. The predicted octanol–water partition coefficient (Wildman–Crippen LogP) is 0.437. The number of hydrogen-bond donors (Lipinski definition) is 2. The van der Waals surface area contributed by atoms with Crippen LogP contribution in [0.25, 0.3) is 0 Å². The number of carboxylic acids is 1. The molecule has 1 atom stereocenters. The summed E-state index contributed by atoms with van der Waals surface area (Å²) in [5.74, 6) is -1.11. The van der Waals surface area contributed by atoms with Crippen molar-refractivity contribution in [2.24, 2.45) is 11.1 Å². The lowest BCUT2D eigenvalue weighted by Gasteiger charge is -2.41. The molecule has 1 amide bonds. The van der Waals surface area contributed by atoms with Crippen LogP contribution in [0.2, 0.25) is 0 Å². The number of carbonyl (C=O) groups is 2. The van der Waals surface area contributed by atoms with Gasteiger partial charge in [0.2, 0.25) is 5.91 Å². The summed E-state index contributed by atoms with van der Waals surface area (Å²) in [5, 5.41) is 8.81. The number of hydrogen-bond acceptors (Lipinski definition) is 3. The van der Waals surface area contributed by atoms with Gasteiger partial charge in [-0.25, -0.2) is 4.79 Å². The van der Waals surface area contributed by atoms with Crippen LogP contribution in [-0.4, -0.2) is 41.5 Å². The van der Waals surface area contributed by atoms with Gasteiger partial charge in [0.1, 0.15) is 6.04 Å². The maximum absolute atomic E-state index is 11.9. The zero-order valence-corrected chi connectivity index (χ0v) is 9.90. The fourth-order valence-corrected chi connectivity index (χ4v) is 1.96. The number of amides is 1. The minimum atomic E-state index is -0.980. The average Bonchev–Trinajstić information content (AvgIpc) is 2.20. The number of aliphatic carboxylic acids is 1. The van der Waals surface area contributed by atoms with E-state index in [1.54, 1.807) is 0 Å². The molecule has 16 heavy (non-hydrogen) atoms. The second-order valence-electron chi connectivity index (χ2n) is 4.75. The highest BCUT2D eigenvalue weighted by Crippen LogP contribution is 2.43. The van der Waals surface area contributed by atoms with Crippen molar-refractivity contribution >= 4 is 11.9 Å². The molecule has 0 spiro atoms. The lowest BCUT2D eigenvalue weighted by atomic mass is 9.66. The molecule has 0 saturated heterocycles. The SMILES string of the molecule is CC(C(=O)O)N(C)C(=O)CC1(CN)CCC1. The predicted molar refractivity (Wildman–Crippen MR) is 59.8 cm³/mol. The molecule has 0 heterocycles. The van der Waals surface area contributed by atoms with Crippen LogP contribution in [0, 0.1) is 5.41 Å². The van der Waals surface area contributed by atoms with Gasteiger partial charge in [-0.2, -0.15) is 0 Å². The highest BCUT2D eigenvalue weighted by Gasteiger charge is 2.39. The number of nitrogens with zero attached hydrogens (tertiary/aromatic N) is 1. The molecule has 0 aromatic rings. The monoisotopic (exact) mass is 228 g/mol. The van der Waals surface area contributed by atoms with Crippen LogP contribution < -0.4 is 5.73 Å². The van der Waals surface area contributed by atoms with Crippen LogP contribution in [0.3, 0.4) is 0 Å². The molecule has 0 aromatic heterocycles. The summed E-state index contributed by atoms with van der Waals surface area (Å²) >= 11 is 0. The second kappa shape index (κ2) is 4.82. The molecule has 1 unspecified atom stereocenters. The first-order valence-electron chi connectivity index (χ1n) is 5.60. The third-order valence-corrected chi connectivity index (χ3v) is 3.71. The van der Waals surface area contributed by atoms with Gasteiger partial charge in [-0.1, -0.05) is 6.42 Å². The number of carboxylic acid groups (broad SMARTS) is 1. The highest BCUT2D eigenvalue weighted by molar-refractivity contribution is 5.83. The van der Waals surface area contributed by atoms with Gasteiger partial charge in [-0.15, -0.1) is 0 Å². The van der Waals surface area contributed by atoms with Crippen molar-refractivity contribution in [3.63, 3.8) is 0 Å². The summed E-state index contributed by atoms with van der Waals surface area (Å²) in [6, 6.07) is -0.776. The van der Waals surface area contributed by atoms with Crippen molar-refractivity contribution in [3.8, 4) is 0 Å². The summed E-state index contributed by atoms with van der Waals surface area (Å²) in [4.78, 5) is 23.9. The minimum absolute atomic E-state index is 0.0659. The van der Waals surface area contributed by atoms with Crippen molar-refractivity contribution in [1.82, 2.24) is 4.90 Å². The van der Waals surface area contributed by atoms with Crippen LogP contribution in [0.4, 0.5) is 0 Å². The first-order valence-corrected chi connectivity index (χ1v) is 5.60. The van der Waals surface area contributed by atoms with E-state index in [-0.39, 0.29) is 11.3 Å². The molecule has 92 valence electrons. The molecule has 1 rings (SSSR count). The van der Waals surface area contributed by atoms with E-state index in [0.29, 0.717) is 13.0 Å². The first kappa shape index (κ1) is 13.0. The quantitative estimate of drug-likeness (QED) is 0.715. The van der Waals surface area contributed by atoms with Crippen LogP contribution in [0.1, 0.15) is 32.6 Å². The van der Waals surface area contributed by atoms with Crippen molar-refractivity contribution in [3.05, 3.63) is 0 Å². The highest BCUT2D eigenvalue weighted by atomic mass is 16.4. The Morgan fingerprint density at radius 2 is 2.06 bits per heavy atom. The second-order valence-corrected chi connectivity index (χ2v) is 4.75. The van der Waals surface area contributed by atoms with Crippen LogP contribution >= 0.6 is 0 Å². The van der Waals surface area contributed by atoms with Crippen LogP contribution in [0.5, 0.6) is 0 Å². The zero-order chi connectivity index (χ0) is 12.3. The van der Waals surface area contributed by atoms with E-state index in [0.717, 1.165) is 19.3 Å². The van der Waals surface area contributed by atoms with Crippen LogP contribution in [0.15, 0.2) is 0 Å². The van der Waals surface area contributed by atoms with Gasteiger partial charge < -0.3 is 15.7 Å². The lowest BCUT2D eigenvalue weighted by molar-refractivity contribution is -0.149. The van der Waals surface area contributed by atoms with Gasteiger partial charge in [0.25, 0.3) is 0 Å². The molecule has 1 fully saturated rings. The normalized spacial score (nSPS) is 19.7. The third kappa shape index (κ3) is 2.52. The molecule has 1 saturated carbocycles. The molecular weight excluding hydrogens is 208 g/mol. The Balaban J connectivity index is 2.54. The number of rotatable bonds is 5. The Kier molecular flexibility index (Phi) is 3.91. The molecule has 0 radical (unpaired) electrons.